The minimum absolute atomic E-state index is 0.0534. The Bertz CT molecular complexity index is 884. The quantitative estimate of drug-likeness (QED) is 0.824. The molecule has 1 aliphatic heterocycles. The number of carbonyl (C=O) groups is 2. The van der Waals surface area contributed by atoms with E-state index in [4.69, 9.17) is 5.73 Å². The number of fused-ring (bicyclic) bond motifs is 1. The predicted octanol–water partition coefficient (Wildman–Crippen LogP) is 3.64. The highest BCUT2D eigenvalue weighted by molar-refractivity contribution is 5.97. The van der Waals surface area contributed by atoms with Crippen LogP contribution in [0, 0.1) is 11.7 Å². The molecule has 0 bridgehead atoms. The first kappa shape index (κ1) is 19.8. The Morgan fingerprint density at radius 3 is 2.61 bits per heavy atom. The van der Waals surface area contributed by atoms with Crippen LogP contribution in [0.15, 0.2) is 36.5 Å². The second-order valence-electron chi connectivity index (χ2n) is 7.20. The lowest BCUT2D eigenvalue weighted by Gasteiger charge is -2.45. The van der Waals surface area contributed by atoms with E-state index >= 15 is 0 Å². The molecule has 3 atom stereocenters. The molecule has 0 saturated heterocycles. The largest absolute Gasteiger partial charge is 0.366 e. The highest BCUT2D eigenvalue weighted by Crippen LogP contribution is 2.44. The van der Waals surface area contributed by atoms with E-state index in [-0.39, 0.29) is 23.9 Å². The van der Waals surface area contributed by atoms with Gasteiger partial charge < -0.3 is 16.0 Å². The van der Waals surface area contributed by atoms with Gasteiger partial charge >= 0.3 is 0 Å². The SMILES string of the molecule is CCC[C@@H]1[C@@H](Nc2ccc(F)cn2)c2cc(C(N)=O)ccc2N(C(C)=O)[C@H]1C. The molecule has 7 heteroatoms. The zero-order chi connectivity index (χ0) is 20.4. The molecule has 28 heavy (non-hydrogen) atoms. The average molecular weight is 384 g/mol. The Kier molecular flexibility index (Phi) is 5.63. The van der Waals surface area contributed by atoms with Crippen molar-refractivity contribution < 1.29 is 14.0 Å². The number of pyridine rings is 1. The lowest BCUT2D eigenvalue weighted by atomic mass is 9.78. The number of anilines is 2. The van der Waals surface area contributed by atoms with E-state index < -0.39 is 11.7 Å². The van der Waals surface area contributed by atoms with Gasteiger partial charge in [-0.25, -0.2) is 9.37 Å². The summed E-state index contributed by atoms with van der Waals surface area (Å²) in [5.41, 5.74) is 7.42. The number of primary amides is 1. The summed E-state index contributed by atoms with van der Waals surface area (Å²) >= 11 is 0. The molecule has 1 aromatic carbocycles. The smallest absolute Gasteiger partial charge is 0.248 e. The fourth-order valence-corrected chi connectivity index (χ4v) is 4.10. The molecule has 1 aromatic heterocycles. The number of benzene rings is 1. The van der Waals surface area contributed by atoms with E-state index in [9.17, 15) is 14.0 Å². The number of aromatic nitrogens is 1. The van der Waals surface area contributed by atoms with Crippen LogP contribution in [0.2, 0.25) is 0 Å². The molecule has 0 fully saturated rings. The molecule has 2 aromatic rings. The fraction of sp³-hybridized carbons (Fsp3) is 0.381. The number of hydrogen-bond donors (Lipinski definition) is 2. The third-order valence-corrected chi connectivity index (χ3v) is 5.35. The second-order valence-corrected chi connectivity index (χ2v) is 7.20. The van der Waals surface area contributed by atoms with Gasteiger partial charge in [-0.15, -0.1) is 0 Å². The number of nitrogens with zero attached hydrogens (tertiary/aromatic N) is 2. The van der Waals surface area contributed by atoms with Crippen molar-refractivity contribution in [1.29, 1.82) is 0 Å². The number of halogens is 1. The van der Waals surface area contributed by atoms with Gasteiger partial charge in [-0.2, -0.15) is 0 Å². The van der Waals surface area contributed by atoms with Crippen LogP contribution < -0.4 is 16.0 Å². The number of rotatable bonds is 5. The van der Waals surface area contributed by atoms with Crippen molar-refractivity contribution in [3.63, 3.8) is 0 Å². The second kappa shape index (κ2) is 7.96. The van der Waals surface area contributed by atoms with Crippen LogP contribution >= 0.6 is 0 Å². The van der Waals surface area contributed by atoms with E-state index in [1.807, 2.05) is 6.92 Å². The van der Waals surface area contributed by atoms with Crippen LogP contribution in [-0.2, 0) is 4.79 Å². The average Bonchev–Trinajstić information content (AvgIpc) is 2.65. The van der Waals surface area contributed by atoms with E-state index in [1.54, 1.807) is 36.1 Å². The first-order chi connectivity index (χ1) is 13.3. The molecule has 0 spiro atoms. The zero-order valence-corrected chi connectivity index (χ0v) is 16.3. The Morgan fingerprint density at radius 1 is 1.29 bits per heavy atom. The van der Waals surface area contributed by atoms with E-state index in [1.165, 1.54) is 6.07 Å². The minimum Gasteiger partial charge on any atom is -0.366 e. The molecule has 0 unspecified atom stereocenters. The first-order valence-corrected chi connectivity index (χ1v) is 9.45. The van der Waals surface area contributed by atoms with Crippen LogP contribution in [0.4, 0.5) is 15.9 Å². The molecule has 6 nitrogen and oxygen atoms in total. The summed E-state index contributed by atoms with van der Waals surface area (Å²) in [6, 6.07) is 7.82. The van der Waals surface area contributed by atoms with Crippen molar-refractivity contribution >= 4 is 23.3 Å². The van der Waals surface area contributed by atoms with Crippen molar-refractivity contribution in [3.8, 4) is 0 Å². The van der Waals surface area contributed by atoms with Gasteiger partial charge in [0.2, 0.25) is 11.8 Å². The summed E-state index contributed by atoms with van der Waals surface area (Å²) in [6.07, 6.45) is 2.96. The topological polar surface area (TPSA) is 88.3 Å². The summed E-state index contributed by atoms with van der Waals surface area (Å²) in [5, 5.41) is 3.39. The van der Waals surface area contributed by atoms with Gasteiger partial charge in [0, 0.05) is 30.1 Å². The van der Waals surface area contributed by atoms with Crippen LogP contribution in [-0.4, -0.2) is 22.8 Å². The molecular formula is C21H25FN4O2. The van der Waals surface area contributed by atoms with Gasteiger partial charge in [0.25, 0.3) is 0 Å². The van der Waals surface area contributed by atoms with E-state index in [0.717, 1.165) is 30.3 Å². The summed E-state index contributed by atoms with van der Waals surface area (Å²) in [4.78, 5) is 30.0. The highest BCUT2D eigenvalue weighted by atomic mass is 19.1. The molecule has 0 radical (unpaired) electrons. The third-order valence-electron chi connectivity index (χ3n) is 5.35. The fourth-order valence-electron chi connectivity index (χ4n) is 4.10. The van der Waals surface area contributed by atoms with Crippen LogP contribution in [0.5, 0.6) is 0 Å². The molecule has 148 valence electrons. The first-order valence-electron chi connectivity index (χ1n) is 9.45. The van der Waals surface area contributed by atoms with Crippen molar-refractivity contribution in [2.24, 2.45) is 11.7 Å². The number of amides is 2. The minimum atomic E-state index is -0.526. The van der Waals surface area contributed by atoms with Crippen LogP contribution in [0.1, 0.15) is 55.6 Å². The van der Waals surface area contributed by atoms with Crippen LogP contribution in [0.3, 0.4) is 0 Å². The number of nitrogens with two attached hydrogens (primary N) is 1. The Balaban J connectivity index is 2.13. The maximum absolute atomic E-state index is 13.3. The lowest BCUT2D eigenvalue weighted by Crippen LogP contribution is -2.49. The zero-order valence-electron chi connectivity index (χ0n) is 16.3. The molecule has 0 saturated carbocycles. The highest BCUT2D eigenvalue weighted by Gasteiger charge is 2.40. The van der Waals surface area contributed by atoms with Gasteiger partial charge in [-0.05, 0) is 49.2 Å². The van der Waals surface area contributed by atoms with Gasteiger partial charge in [-0.1, -0.05) is 13.3 Å². The number of nitrogens with one attached hydrogen (secondary N) is 1. The molecule has 2 amide bonds. The Hall–Kier alpha value is -2.96. The maximum atomic E-state index is 13.3. The molecule has 3 N–H and O–H groups in total. The molecule has 1 aliphatic rings. The van der Waals surface area contributed by atoms with Crippen molar-refractivity contribution in [2.45, 2.75) is 45.7 Å². The van der Waals surface area contributed by atoms with Crippen molar-refractivity contribution in [3.05, 3.63) is 53.5 Å². The Labute approximate surface area is 163 Å². The van der Waals surface area contributed by atoms with E-state index in [2.05, 4.69) is 17.2 Å². The number of hydrogen-bond acceptors (Lipinski definition) is 4. The maximum Gasteiger partial charge on any atom is 0.248 e. The lowest BCUT2D eigenvalue weighted by molar-refractivity contribution is -0.117. The molecule has 2 heterocycles. The monoisotopic (exact) mass is 384 g/mol. The Morgan fingerprint density at radius 2 is 2.04 bits per heavy atom. The summed E-state index contributed by atoms with van der Waals surface area (Å²) in [7, 11) is 0. The van der Waals surface area contributed by atoms with Crippen molar-refractivity contribution in [2.75, 3.05) is 10.2 Å². The van der Waals surface area contributed by atoms with Gasteiger partial charge in [0.1, 0.15) is 11.6 Å². The van der Waals surface area contributed by atoms with E-state index in [0.29, 0.717) is 11.4 Å². The summed E-state index contributed by atoms with van der Waals surface area (Å²) in [6.45, 7) is 5.66. The number of carbonyl (C=O) groups excluding carboxylic acids is 2. The third kappa shape index (κ3) is 3.69. The van der Waals surface area contributed by atoms with Gasteiger partial charge in [-0.3, -0.25) is 9.59 Å². The molecular weight excluding hydrogens is 359 g/mol. The molecule has 3 rings (SSSR count). The summed E-state index contributed by atoms with van der Waals surface area (Å²) in [5.74, 6) is -0.379. The normalized spacial score (nSPS) is 21.1. The van der Waals surface area contributed by atoms with Gasteiger partial charge in [0.15, 0.2) is 0 Å². The standard InChI is InChI=1S/C21H25FN4O2/c1-4-5-16-12(2)26(13(3)27)18-8-6-14(21(23)28)10-17(18)20(16)25-19-9-7-15(22)11-24-19/h6-12,16,20H,4-5H2,1-3H3,(H2,23,28)(H,24,25)/t12-,16-,20+/m0/s1. The van der Waals surface area contributed by atoms with Crippen LogP contribution in [0.25, 0.3) is 0 Å². The van der Waals surface area contributed by atoms with Gasteiger partial charge in [0.05, 0.1) is 12.2 Å². The predicted molar refractivity (Wildman–Crippen MR) is 107 cm³/mol. The van der Waals surface area contributed by atoms with Crippen molar-refractivity contribution in [1.82, 2.24) is 4.98 Å². The molecule has 0 aliphatic carbocycles. The summed E-state index contributed by atoms with van der Waals surface area (Å²) < 4.78 is 13.3.